The number of carbonyl (C=O) groups excluding carboxylic acids is 1. The van der Waals surface area contributed by atoms with Crippen molar-refractivity contribution in [2.24, 2.45) is 0 Å². The first-order valence-corrected chi connectivity index (χ1v) is 10.3. The van der Waals surface area contributed by atoms with Crippen molar-refractivity contribution in [3.05, 3.63) is 53.6 Å². The van der Waals surface area contributed by atoms with Crippen LogP contribution < -0.4 is 9.64 Å². The molecule has 0 bridgehead atoms. The summed E-state index contributed by atoms with van der Waals surface area (Å²) in [6, 6.07) is 9.81. The molecule has 2 heterocycles. The molecule has 0 saturated carbocycles. The lowest BCUT2D eigenvalue weighted by molar-refractivity contribution is -0.118. The van der Waals surface area contributed by atoms with Gasteiger partial charge in [0, 0.05) is 25.1 Å². The van der Waals surface area contributed by atoms with Gasteiger partial charge >= 0.3 is 0 Å². The van der Waals surface area contributed by atoms with Crippen molar-refractivity contribution < 1.29 is 18.3 Å². The van der Waals surface area contributed by atoms with Gasteiger partial charge in [-0.3, -0.25) is 9.69 Å². The fourth-order valence-electron chi connectivity index (χ4n) is 4.25. The van der Waals surface area contributed by atoms with Crippen LogP contribution in [0.4, 0.5) is 20.2 Å². The normalized spacial score (nSPS) is 19.5. The van der Waals surface area contributed by atoms with Crippen LogP contribution in [-0.2, 0) is 11.2 Å². The van der Waals surface area contributed by atoms with Crippen molar-refractivity contribution in [3.63, 3.8) is 0 Å². The average molecular weight is 400 g/mol. The molecule has 29 heavy (non-hydrogen) atoms. The smallest absolute Gasteiger partial charge is 0.231 e. The van der Waals surface area contributed by atoms with E-state index in [4.69, 9.17) is 4.74 Å². The van der Waals surface area contributed by atoms with Crippen molar-refractivity contribution in [1.29, 1.82) is 0 Å². The Morgan fingerprint density at radius 3 is 2.72 bits per heavy atom. The van der Waals surface area contributed by atoms with Gasteiger partial charge in [-0.1, -0.05) is 0 Å². The minimum atomic E-state index is -0.963. The summed E-state index contributed by atoms with van der Waals surface area (Å²) in [7, 11) is 0. The molecule has 1 fully saturated rings. The number of carbonyl (C=O) groups is 1. The maximum atomic E-state index is 13.7. The van der Waals surface area contributed by atoms with Crippen molar-refractivity contribution >= 4 is 17.3 Å². The Morgan fingerprint density at radius 1 is 1.10 bits per heavy atom. The summed E-state index contributed by atoms with van der Waals surface area (Å²) in [5.41, 5.74) is 2.01. The number of hydrogen-bond donors (Lipinski definition) is 0. The van der Waals surface area contributed by atoms with Crippen LogP contribution in [0.5, 0.6) is 5.75 Å². The number of benzene rings is 2. The second-order valence-corrected chi connectivity index (χ2v) is 7.85. The summed E-state index contributed by atoms with van der Waals surface area (Å²) in [6.07, 6.45) is 4.46. The van der Waals surface area contributed by atoms with Gasteiger partial charge in [-0.25, -0.2) is 8.78 Å². The number of rotatable bonds is 6. The maximum absolute atomic E-state index is 13.7. The number of aryl methyl sites for hydroxylation is 1. The Kier molecular flexibility index (Phi) is 5.81. The number of hydrogen-bond acceptors (Lipinski definition) is 3. The van der Waals surface area contributed by atoms with Crippen LogP contribution in [0, 0.1) is 11.6 Å². The molecule has 0 aromatic heterocycles. The molecule has 0 N–H and O–H groups in total. The van der Waals surface area contributed by atoms with Crippen LogP contribution in [0.15, 0.2) is 36.4 Å². The molecular formula is C23H26F2N2O2. The second-order valence-electron chi connectivity index (χ2n) is 7.85. The molecule has 1 amide bonds. The molecule has 4 nitrogen and oxygen atoms in total. The molecule has 4 rings (SSSR count). The molecule has 0 aliphatic carbocycles. The molecule has 1 atom stereocenters. The topological polar surface area (TPSA) is 32.8 Å². The molecule has 6 heteroatoms. The van der Waals surface area contributed by atoms with Gasteiger partial charge in [0.2, 0.25) is 5.91 Å². The Labute approximate surface area is 170 Å². The molecule has 154 valence electrons. The standard InChI is InChI=1S/C23H26F2N2O2/c1-16-4-2-11-26(16)12-3-13-29-19-7-9-22-17(14-19)5-10-23(28)27(22)18-6-8-20(24)21(25)15-18/h6-9,14-16H,2-5,10-13H2,1H3/t16-/m1/s1. The van der Waals surface area contributed by atoms with Gasteiger partial charge < -0.3 is 9.64 Å². The molecule has 0 unspecified atom stereocenters. The molecule has 0 spiro atoms. The van der Waals surface area contributed by atoms with E-state index in [1.54, 1.807) is 0 Å². The fraction of sp³-hybridized carbons (Fsp3) is 0.435. The highest BCUT2D eigenvalue weighted by atomic mass is 19.2. The Hall–Kier alpha value is -2.47. The molecule has 2 aromatic rings. The molecule has 1 saturated heterocycles. The Morgan fingerprint density at radius 2 is 1.97 bits per heavy atom. The number of anilines is 2. The predicted molar refractivity (Wildman–Crippen MR) is 109 cm³/mol. The number of nitrogens with zero attached hydrogens (tertiary/aromatic N) is 2. The van der Waals surface area contributed by atoms with Gasteiger partial charge in [-0.2, -0.15) is 0 Å². The minimum absolute atomic E-state index is 0.128. The lowest BCUT2D eigenvalue weighted by atomic mass is 10.00. The van der Waals surface area contributed by atoms with Crippen molar-refractivity contribution in [2.75, 3.05) is 24.6 Å². The van der Waals surface area contributed by atoms with Crippen LogP contribution >= 0.6 is 0 Å². The summed E-state index contributed by atoms with van der Waals surface area (Å²) in [6.45, 7) is 5.14. The lowest BCUT2D eigenvalue weighted by Gasteiger charge is -2.30. The van der Waals surface area contributed by atoms with E-state index in [2.05, 4.69) is 11.8 Å². The number of halogens is 2. The van der Waals surface area contributed by atoms with Crippen molar-refractivity contribution in [2.45, 2.75) is 45.1 Å². The molecular weight excluding hydrogens is 374 g/mol. The lowest BCUT2D eigenvalue weighted by Crippen LogP contribution is -2.31. The first-order valence-electron chi connectivity index (χ1n) is 10.3. The van der Waals surface area contributed by atoms with Crippen molar-refractivity contribution in [3.8, 4) is 5.75 Å². The highest BCUT2D eigenvalue weighted by Crippen LogP contribution is 2.36. The van der Waals surface area contributed by atoms with Crippen LogP contribution in [0.3, 0.4) is 0 Å². The van der Waals surface area contributed by atoms with Gasteiger partial charge in [0.05, 0.1) is 18.0 Å². The zero-order valence-electron chi connectivity index (χ0n) is 16.7. The van der Waals surface area contributed by atoms with Gasteiger partial charge in [-0.05, 0) is 75.0 Å². The van der Waals surface area contributed by atoms with Crippen LogP contribution in [0.25, 0.3) is 0 Å². The summed E-state index contributed by atoms with van der Waals surface area (Å²) in [4.78, 5) is 16.4. The average Bonchev–Trinajstić information content (AvgIpc) is 3.12. The summed E-state index contributed by atoms with van der Waals surface area (Å²) >= 11 is 0. The van der Waals surface area contributed by atoms with E-state index in [1.807, 2.05) is 18.2 Å². The largest absolute Gasteiger partial charge is 0.494 e. The first-order chi connectivity index (χ1) is 14.0. The Bertz CT molecular complexity index is 902. The van der Waals surface area contributed by atoms with Crippen LogP contribution in [-0.4, -0.2) is 36.5 Å². The third-order valence-electron chi connectivity index (χ3n) is 5.86. The zero-order valence-corrected chi connectivity index (χ0v) is 16.7. The number of fused-ring (bicyclic) bond motifs is 1. The quantitative estimate of drug-likeness (QED) is 0.651. The van der Waals surface area contributed by atoms with E-state index < -0.39 is 11.6 Å². The summed E-state index contributed by atoms with van der Waals surface area (Å²) < 4.78 is 32.9. The van der Waals surface area contributed by atoms with Crippen molar-refractivity contribution in [1.82, 2.24) is 4.90 Å². The summed E-state index contributed by atoms with van der Waals surface area (Å²) in [5.74, 6) is -1.24. The maximum Gasteiger partial charge on any atom is 0.231 e. The number of ether oxygens (including phenoxy) is 1. The monoisotopic (exact) mass is 400 g/mol. The molecule has 2 aromatic carbocycles. The minimum Gasteiger partial charge on any atom is -0.494 e. The van der Waals surface area contributed by atoms with Crippen LogP contribution in [0.1, 0.15) is 38.2 Å². The molecule has 2 aliphatic rings. The van der Waals surface area contributed by atoms with E-state index in [0.717, 1.165) is 36.4 Å². The van der Waals surface area contributed by atoms with Crippen LogP contribution in [0.2, 0.25) is 0 Å². The highest BCUT2D eigenvalue weighted by molar-refractivity contribution is 6.03. The molecule has 0 radical (unpaired) electrons. The third kappa shape index (κ3) is 4.27. The van der Waals surface area contributed by atoms with E-state index in [0.29, 0.717) is 36.9 Å². The zero-order chi connectivity index (χ0) is 20.4. The highest BCUT2D eigenvalue weighted by Gasteiger charge is 2.26. The predicted octanol–water partition coefficient (Wildman–Crippen LogP) is 4.83. The van der Waals surface area contributed by atoms with E-state index in [9.17, 15) is 13.6 Å². The second kappa shape index (κ2) is 8.49. The van der Waals surface area contributed by atoms with E-state index >= 15 is 0 Å². The van der Waals surface area contributed by atoms with E-state index in [-0.39, 0.29) is 5.91 Å². The van der Waals surface area contributed by atoms with Gasteiger partial charge in [0.15, 0.2) is 11.6 Å². The summed E-state index contributed by atoms with van der Waals surface area (Å²) in [5, 5.41) is 0. The van der Waals surface area contributed by atoms with E-state index in [1.165, 1.54) is 30.4 Å². The number of likely N-dealkylation sites (tertiary alicyclic amines) is 1. The Balaban J connectivity index is 1.43. The van der Waals surface area contributed by atoms with Gasteiger partial charge in [-0.15, -0.1) is 0 Å². The third-order valence-corrected chi connectivity index (χ3v) is 5.86. The first kappa shape index (κ1) is 19.8. The fourth-order valence-corrected chi connectivity index (χ4v) is 4.25. The number of amides is 1. The van der Waals surface area contributed by atoms with Gasteiger partial charge in [0.1, 0.15) is 5.75 Å². The molecule has 2 aliphatic heterocycles. The SMILES string of the molecule is C[C@@H]1CCCN1CCCOc1ccc2c(c1)CCC(=O)N2c1ccc(F)c(F)c1. The van der Waals surface area contributed by atoms with Gasteiger partial charge in [0.25, 0.3) is 0 Å².